The van der Waals surface area contributed by atoms with E-state index < -0.39 is 0 Å². The molecular formula is C25H36ClNO9S. The van der Waals surface area contributed by atoms with E-state index in [2.05, 4.69) is 0 Å². The van der Waals surface area contributed by atoms with Gasteiger partial charge >= 0.3 is 5.97 Å². The molecule has 0 atom stereocenters. The second-order valence-electron chi connectivity index (χ2n) is 7.55. The number of aromatic nitrogens is 1. The zero-order valence-electron chi connectivity index (χ0n) is 21.0. The molecule has 10 nitrogen and oxygen atoms in total. The van der Waals surface area contributed by atoms with E-state index in [1.165, 1.54) is 17.6 Å². The van der Waals surface area contributed by atoms with Gasteiger partial charge in [0.1, 0.15) is 10.9 Å². The minimum atomic E-state index is -0.284. The molecule has 208 valence electrons. The third-order valence-electron chi connectivity index (χ3n) is 4.67. The van der Waals surface area contributed by atoms with E-state index in [-0.39, 0.29) is 24.6 Å². The van der Waals surface area contributed by atoms with Crippen LogP contribution in [0.1, 0.15) is 12.0 Å². The van der Waals surface area contributed by atoms with Gasteiger partial charge in [-0.15, -0.1) is 0 Å². The maximum absolute atomic E-state index is 11.7. The van der Waals surface area contributed by atoms with Gasteiger partial charge in [0, 0.05) is 6.07 Å². The number of esters is 1. The normalized spacial score (nSPS) is 11.2. The lowest BCUT2D eigenvalue weighted by Gasteiger charge is -2.08. The third kappa shape index (κ3) is 16.6. The molecule has 37 heavy (non-hydrogen) atoms. The van der Waals surface area contributed by atoms with Crippen LogP contribution < -0.4 is 5.56 Å². The summed E-state index contributed by atoms with van der Waals surface area (Å²) in [5, 5.41) is 0. The summed E-state index contributed by atoms with van der Waals surface area (Å²) in [6, 6.07) is 10.9. The third-order valence-corrected chi connectivity index (χ3v) is 5.86. The van der Waals surface area contributed by atoms with Gasteiger partial charge < -0.3 is 33.2 Å². The van der Waals surface area contributed by atoms with Crippen LogP contribution in [0.15, 0.2) is 41.2 Å². The highest BCUT2D eigenvalue weighted by molar-refractivity contribution is 7.11. The molecule has 0 aliphatic heterocycles. The summed E-state index contributed by atoms with van der Waals surface area (Å²) in [7, 11) is 0. The summed E-state index contributed by atoms with van der Waals surface area (Å²) in [6.07, 6.45) is 0.213. The lowest BCUT2D eigenvalue weighted by atomic mass is 10.2. The van der Waals surface area contributed by atoms with Crippen LogP contribution in [0, 0.1) is 0 Å². The van der Waals surface area contributed by atoms with Crippen LogP contribution in [0.5, 0.6) is 0 Å². The standard InChI is InChI=1S/C25H36ClNO9S/c26-23-20-24(28)27(37-23)7-9-31-11-13-33-15-17-35-19-18-34-16-14-32-12-10-30-8-6-25(29)36-21-22-4-2-1-3-5-22/h1-5,20H,6-19,21H2. The lowest BCUT2D eigenvalue weighted by molar-refractivity contribution is -0.146. The van der Waals surface area contributed by atoms with Crippen molar-refractivity contribution in [3.8, 4) is 0 Å². The van der Waals surface area contributed by atoms with Crippen LogP contribution in [0.4, 0.5) is 0 Å². The Morgan fingerprint density at radius 2 is 1.22 bits per heavy atom. The first-order valence-electron chi connectivity index (χ1n) is 12.2. The average Bonchev–Trinajstić information content (AvgIpc) is 3.23. The van der Waals surface area contributed by atoms with Crippen LogP contribution in [-0.2, 0) is 51.1 Å². The van der Waals surface area contributed by atoms with Crippen molar-refractivity contribution < 1.29 is 38.0 Å². The number of hydrogen-bond acceptors (Lipinski definition) is 10. The number of benzene rings is 1. The summed E-state index contributed by atoms with van der Waals surface area (Å²) in [5.41, 5.74) is 0.848. The molecule has 2 aromatic rings. The molecule has 0 saturated heterocycles. The molecule has 0 unspecified atom stereocenters. The minimum Gasteiger partial charge on any atom is -0.461 e. The summed E-state index contributed by atoms with van der Waals surface area (Å²) in [6.45, 7) is 6.04. The number of halogens is 1. The zero-order valence-corrected chi connectivity index (χ0v) is 22.6. The lowest BCUT2D eigenvalue weighted by Crippen LogP contribution is -2.17. The maximum atomic E-state index is 11.7. The van der Waals surface area contributed by atoms with Crippen LogP contribution in [0.3, 0.4) is 0 Å². The monoisotopic (exact) mass is 561 g/mol. The number of hydrogen-bond donors (Lipinski definition) is 0. The van der Waals surface area contributed by atoms with Crippen LogP contribution >= 0.6 is 23.1 Å². The highest BCUT2D eigenvalue weighted by Crippen LogP contribution is 2.11. The topological polar surface area (TPSA) is 104 Å². The molecule has 0 amide bonds. The van der Waals surface area contributed by atoms with E-state index in [1.54, 1.807) is 3.96 Å². The molecule has 12 heteroatoms. The molecule has 0 radical (unpaired) electrons. The van der Waals surface area contributed by atoms with Crippen molar-refractivity contribution in [3.63, 3.8) is 0 Å². The molecule has 0 bridgehead atoms. The van der Waals surface area contributed by atoms with Gasteiger partial charge in [0.05, 0.1) is 92.2 Å². The van der Waals surface area contributed by atoms with Crippen molar-refractivity contribution in [2.75, 3.05) is 79.3 Å². The van der Waals surface area contributed by atoms with E-state index >= 15 is 0 Å². The SMILES string of the molecule is O=C(CCOCCOCCOCCOCCOCCOCCn1sc(Cl)cc1=O)OCc1ccccc1. The number of ether oxygens (including phenoxy) is 7. The zero-order chi connectivity index (χ0) is 26.4. The van der Waals surface area contributed by atoms with Crippen LogP contribution in [0.2, 0.25) is 4.34 Å². The van der Waals surface area contributed by atoms with Gasteiger partial charge in [-0.25, -0.2) is 0 Å². The van der Waals surface area contributed by atoms with Crippen LogP contribution in [0.25, 0.3) is 0 Å². The number of carbonyl (C=O) groups is 1. The van der Waals surface area contributed by atoms with E-state index in [0.717, 1.165) is 5.56 Å². The molecule has 1 heterocycles. The van der Waals surface area contributed by atoms with Crippen molar-refractivity contribution in [3.05, 3.63) is 56.7 Å². The fourth-order valence-corrected chi connectivity index (χ4v) is 3.83. The van der Waals surface area contributed by atoms with Gasteiger partial charge in [-0.05, 0) is 17.1 Å². The van der Waals surface area contributed by atoms with Gasteiger partial charge in [0.2, 0.25) is 0 Å². The Hall–Kier alpha value is -1.83. The van der Waals surface area contributed by atoms with Crippen molar-refractivity contribution >= 4 is 29.1 Å². The van der Waals surface area contributed by atoms with E-state index in [1.807, 2.05) is 30.3 Å². The molecular weight excluding hydrogens is 526 g/mol. The Morgan fingerprint density at radius 3 is 1.70 bits per heavy atom. The first kappa shape index (κ1) is 31.4. The predicted octanol–water partition coefficient (Wildman–Crippen LogP) is 2.80. The van der Waals surface area contributed by atoms with Crippen molar-refractivity contribution in [1.82, 2.24) is 3.96 Å². The highest BCUT2D eigenvalue weighted by Gasteiger charge is 2.04. The van der Waals surface area contributed by atoms with E-state index in [0.29, 0.717) is 90.2 Å². The Morgan fingerprint density at radius 1 is 0.730 bits per heavy atom. The van der Waals surface area contributed by atoms with Gasteiger partial charge in [-0.2, -0.15) is 0 Å². The molecule has 0 N–H and O–H groups in total. The number of carbonyl (C=O) groups excluding carboxylic acids is 1. The second-order valence-corrected chi connectivity index (χ2v) is 9.25. The highest BCUT2D eigenvalue weighted by atomic mass is 35.5. The van der Waals surface area contributed by atoms with Gasteiger partial charge in [0.25, 0.3) is 5.56 Å². The molecule has 1 aromatic carbocycles. The van der Waals surface area contributed by atoms with E-state index in [4.69, 9.17) is 44.8 Å². The van der Waals surface area contributed by atoms with Gasteiger partial charge in [-0.3, -0.25) is 13.5 Å². The maximum Gasteiger partial charge on any atom is 0.308 e. The van der Waals surface area contributed by atoms with Gasteiger partial charge in [0.15, 0.2) is 0 Å². The summed E-state index contributed by atoms with van der Waals surface area (Å²) >= 11 is 6.99. The van der Waals surface area contributed by atoms with Crippen LogP contribution in [-0.4, -0.2) is 89.2 Å². The predicted molar refractivity (Wildman–Crippen MR) is 139 cm³/mol. The van der Waals surface area contributed by atoms with E-state index in [9.17, 15) is 9.59 Å². The van der Waals surface area contributed by atoms with Crippen molar-refractivity contribution in [2.45, 2.75) is 19.6 Å². The van der Waals surface area contributed by atoms with Crippen molar-refractivity contribution in [2.24, 2.45) is 0 Å². The van der Waals surface area contributed by atoms with Crippen molar-refractivity contribution in [1.29, 1.82) is 0 Å². The number of nitrogens with zero attached hydrogens (tertiary/aromatic N) is 1. The molecule has 0 saturated carbocycles. The molecule has 1 aromatic heterocycles. The average molecular weight is 562 g/mol. The fraction of sp³-hybridized carbons (Fsp3) is 0.600. The molecule has 0 fully saturated rings. The number of rotatable bonds is 23. The quantitative estimate of drug-likeness (QED) is 0.150. The first-order chi connectivity index (χ1) is 18.1. The Labute approximate surface area is 226 Å². The summed E-state index contributed by atoms with van der Waals surface area (Å²) in [4.78, 5) is 23.2. The molecule has 2 rings (SSSR count). The molecule has 0 aliphatic rings. The molecule has 0 spiro atoms. The smallest absolute Gasteiger partial charge is 0.308 e. The summed E-state index contributed by atoms with van der Waals surface area (Å²) < 4.78 is 39.7. The minimum absolute atomic E-state index is 0.110. The Balaban J connectivity index is 1.23. The first-order valence-corrected chi connectivity index (χ1v) is 13.3. The second kappa shape index (κ2) is 21.1. The largest absolute Gasteiger partial charge is 0.461 e. The Bertz CT molecular complexity index is 894. The fourth-order valence-electron chi connectivity index (χ4n) is 2.82. The summed E-state index contributed by atoms with van der Waals surface area (Å²) in [5.74, 6) is -0.284. The molecule has 0 aliphatic carbocycles. The van der Waals surface area contributed by atoms with Gasteiger partial charge in [-0.1, -0.05) is 41.9 Å². The Kier molecular flexibility index (Phi) is 17.9.